The molecule has 0 aliphatic carbocycles. The average molecular weight is 399 g/mol. The van der Waals surface area contributed by atoms with Crippen molar-refractivity contribution < 1.29 is 19.0 Å². The number of nitrogens with zero attached hydrogens (tertiary/aromatic N) is 1. The minimum absolute atomic E-state index is 0.159. The van der Waals surface area contributed by atoms with Gasteiger partial charge in [0.15, 0.2) is 11.5 Å². The number of morpholine rings is 1. The number of methoxy groups -OCH3 is 1. The molecule has 1 fully saturated rings. The summed E-state index contributed by atoms with van der Waals surface area (Å²) in [6, 6.07) is 3.29. The summed E-state index contributed by atoms with van der Waals surface area (Å²) < 4.78 is 16.5. The maximum atomic E-state index is 12.7. The van der Waals surface area contributed by atoms with Crippen molar-refractivity contribution in [2.24, 2.45) is 5.92 Å². The zero-order valence-corrected chi connectivity index (χ0v) is 17.7. The van der Waals surface area contributed by atoms with Crippen molar-refractivity contribution in [3.05, 3.63) is 22.7 Å². The number of hydrogen-bond acceptors (Lipinski definition) is 5. The van der Waals surface area contributed by atoms with Gasteiger partial charge in [0.25, 0.3) is 5.91 Å². The number of nitrogens with one attached hydrogen (secondary N) is 1. The van der Waals surface area contributed by atoms with Gasteiger partial charge in [0, 0.05) is 30.7 Å². The number of benzene rings is 1. The second-order valence-electron chi connectivity index (χ2n) is 7.79. The van der Waals surface area contributed by atoms with E-state index < -0.39 is 0 Å². The van der Waals surface area contributed by atoms with Gasteiger partial charge in [-0.2, -0.15) is 0 Å². The Hall–Kier alpha value is -1.50. The lowest BCUT2D eigenvalue weighted by Gasteiger charge is -2.40. The summed E-state index contributed by atoms with van der Waals surface area (Å²) in [5.41, 5.74) is 0.291. The Labute approximate surface area is 167 Å². The largest absolute Gasteiger partial charge is 0.493 e. The van der Waals surface area contributed by atoms with Gasteiger partial charge in [-0.15, -0.1) is 0 Å². The fourth-order valence-corrected chi connectivity index (χ4v) is 3.19. The maximum absolute atomic E-state index is 12.7. The Morgan fingerprint density at radius 1 is 1.33 bits per heavy atom. The van der Waals surface area contributed by atoms with E-state index in [9.17, 15) is 4.79 Å². The van der Waals surface area contributed by atoms with Crippen LogP contribution in [-0.2, 0) is 4.74 Å². The third-order valence-corrected chi connectivity index (χ3v) is 4.88. The Morgan fingerprint density at radius 2 is 2.00 bits per heavy atom. The molecule has 1 saturated heterocycles. The van der Waals surface area contributed by atoms with E-state index in [1.807, 2.05) is 0 Å². The molecular weight excluding hydrogens is 368 g/mol. The van der Waals surface area contributed by atoms with Crippen LogP contribution in [0.15, 0.2) is 12.1 Å². The van der Waals surface area contributed by atoms with Crippen LogP contribution in [0.25, 0.3) is 0 Å². The molecule has 1 N–H and O–H groups in total. The van der Waals surface area contributed by atoms with Gasteiger partial charge < -0.3 is 19.5 Å². The molecule has 1 heterocycles. The summed E-state index contributed by atoms with van der Waals surface area (Å²) in [7, 11) is 1.54. The van der Waals surface area contributed by atoms with E-state index >= 15 is 0 Å². The zero-order valence-electron chi connectivity index (χ0n) is 16.9. The molecule has 0 atom stereocenters. The fourth-order valence-electron chi connectivity index (χ4n) is 2.92. The van der Waals surface area contributed by atoms with Gasteiger partial charge in [0.05, 0.1) is 32.0 Å². The molecule has 0 bridgehead atoms. The van der Waals surface area contributed by atoms with Crippen molar-refractivity contribution in [2.75, 3.05) is 46.6 Å². The molecule has 1 aromatic rings. The first kappa shape index (κ1) is 21.8. The van der Waals surface area contributed by atoms with Crippen LogP contribution < -0.4 is 14.8 Å². The number of ether oxygens (including phenoxy) is 3. The molecule has 6 nitrogen and oxygen atoms in total. The molecule has 1 amide bonds. The number of carbonyl (C=O) groups is 1. The highest BCUT2D eigenvalue weighted by atomic mass is 35.5. The average Bonchev–Trinajstić information content (AvgIpc) is 2.65. The lowest BCUT2D eigenvalue weighted by molar-refractivity contribution is -0.00923. The molecule has 2 rings (SSSR count). The standard InChI is InChI=1S/C20H31ClN2O4/c1-14(2)12-27-18-16(21)10-15(11-17(18)25-5)19(24)22-13-20(3,4)23-6-8-26-9-7-23/h10-11,14H,6-9,12-13H2,1-5H3,(H,22,24). The van der Waals surface area contributed by atoms with Gasteiger partial charge >= 0.3 is 0 Å². The Bertz CT molecular complexity index is 643. The van der Waals surface area contributed by atoms with Crippen LogP contribution in [0.3, 0.4) is 0 Å². The first-order valence-corrected chi connectivity index (χ1v) is 9.73. The minimum atomic E-state index is -0.188. The van der Waals surface area contributed by atoms with Crippen LogP contribution >= 0.6 is 11.6 Å². The number of rotatable bonds is 8. The van der Waals surface area contributed by atoms with Crippen LogP contribution in [-0.4, -0.2) is 62.9 Å². The maximum Gasteiger partial charge on any atom is 0.251 e. The Kier molecular flexibility index (Phi) is 7.77. The minimum Gasteiger partial charge on any atom is -0.493 e. The van der Waals surface area contributed by atoms with E-state index in [4.69, 9.17) is 25.8 Å². The Morgan fingerprint density at radius 3 is 2.59 bits per heavy atom. The van der Waals surface area contributed by atoms with Gasteiger partial charge in [-0.25, -0.2) is 0 Å². The van der Waals surface area contributed by atoms with Crippen LogP contribution in [0.2, 0.25) is 5.02 Å². The third kappa shape index (κ3) is 5.99. The van der Waals surface area contributed by atoms with E-state index in [1.54, 1.807) is 12.1 Å². The van der Waals surface area contributed by atoms with Crippen molar-refractivity contribution in [3.63, 3.8) is 0 Å². The molecular formula is C20H31ClN2O4. The predicted octanol–water partition coefficient (Wildman–Crippen LogP) is 3.22. The van der Waals surface area contributed by atoms with Crippen molar-refractivity contribution >= 4 is 17.5 Å². The first-order valence-electron chi connectivity index (χ1n) is 9.36. The second-order valence-corrected chi connectivity index (χ2v) is 8.20. The quantitative estimate of drug-likeness (QED) is 0.728. The molecule has 1 aromatic carbocycles. The lowest BCUT2D eigenvalue weighted by atomic mass is 10.0. The highest BCUT2D eigenvalue weighted by molar-refractivity contribution is 6.32. The van der Waals surface area contributed by atoms with Crippen molar-refractivity contribution in [3.8, 4) is 11.5 Å². The lowest BCUT2D eigenvalue weighted by Crippen LogP contribution is -2.55. The van der Waals surface area contributed by atoms with E-state index in [2.05, 4.69) is 37.9 Å². The van der Waals surface area contributed by atoms with Gasteiger partial charge in [0.1, 0.15) is 0 Å². The normalized spacial score (nSPS) is 15.7. The molecule has 27 heavy (non-hydrogen) atoms. The van der Waals surface area contributed by atoms with E-state index in [1.165, 1.54) is 7.11 Å². The summed E-state index contributed by atoms with van der Waals surface area (Å²) in [5.74, 6) is 1.10. The van der Waals surface area contributed by atoms with Crippen LogP contribution in [0.5, 0.6) is 11.5 Å². The van der Waals surface area contributed by atoms with Gasteiger partial charge in [-0.1, -0.05) is 25.4 Å². The van der Waals surface area contributed by atoms with Crippen molar-refractivity contribution in [1.29, 1.82) is 0 Å². The van der Waals surface area contributed by atoms with Crippen molar-refractivity contribution in [2.45, 2.75) is 33.2 Å². The highest BCUT2D eigenvalue weighted by Crippen LogP contribution is 2.36. The number of hydrogen-bond donors (Lipinski definition) is 1. The van der Waals surface area contributed by atoms with Crippen LogP contribution in [0.1, 0.15) is 38.1 Å². The van der Waals surface area contributed by atoms with E-state index in [0.29, 0.717) is 41.2 Å². The molecule has 0 radical (unpaired) electrons. The van der Waals surface area contributed by atoms with Gasteiger partial charge in [-0.05, 0) is 31.9 Å². The number of amides is 1. The van der Waals surface area contributed by atoms with Crippen molar-refractivity contribution in [1.82, 2.24) is 10.2 Å². The van der Waals surface area contributed by atoms with Crippen LogP contribution in [0, 0.1) is 5.92 Å². The fraction of sp³-hybridized carbons (Fsp3) is 0.650. The molecule has 152 valence electrons. The molecule has 0 aromatic heterocycles. The second kappa shape index (κ2) is 9.62. The summed E-state index contributed by atoms with van der Waals surface area (Å²) in [6.45, 7) is 12.6. The zero-order chi connectivity index (χ0) is 20.0. The monoisotopic (exact) mass is 398 g/mol. The molecule has 1 aliphatic heterocycles. The predicted molar refractivity (Wildman–Crippen MR) is 107 cm³/mol. The topological polar surface area (TPSA) is 60.0 Å². The number of carbonyl (C=O) groups excluding carboxylic acids is 1. The first-order chi connectivity index (χ1) is 12.7. The smallest absolute Gasteiger partial charge is 0.251 e. The molecule has 0 saturated carbocycles. The highest BCUT2D eigenvalue weighted by Gasteiger charge is 2.29. The van der Waals surface area contributed by atoms with E-state index in [0.717, 1.165) is 26.3 Å². The summed E-state index contributed by atoms with van der Waals surface area (Å²) in [4.78, 5) is 15.0. The molecule has 7 heteroatoms. The van der Waals surface area contributed by atoms with Crippen LogP contribution in [0.4, 0.5) is 0 Å². The SMILES string of the molecule is COc1cc(C(=O)NCC(C)(C)N2CCOCC2)cc(Cl)c1OCC(C)C. The Balaban J connectivity index is 2.06. The summed E-state index contributed by atoms with van der Waals surface area (Å²) in [5, 5.41) is 3.38. The molecule has 0 unspecified atom stereocenters. The van der Waals surface area contributed by atoms with E-state index in [-0.39, 0.29) is 11.4 Å². The third-order valence-electron chi connectivity index (χ3n) is 4.60. The summed E-state index contributed by atoms with van der Waals surface area (Å²) in [6.07, 6.45) is 0. The van der Waals surface area contributed by atoms with Gasteiger partial charge in [-0.3, -0.25) is 9.69 Å². The summed E-state index contributed by atoms with van der Waals surface area (Å²) >= 11 is 6.35. The molecule has 0 spiro atoms. The number of halogens is 1. The molecule has 1 aliphatic rings. The van der Waals surface area contributed by atoms with Gasteiger partial charge in [0.2, 0.25) is 0 Å².